The number of benzene rings is 2. The van der Waals surface area contributed by atoms with Gasteiger partial charge in [0, 0.05) is 0 Å². The van der Waals surface area contributed by atoms with Crippen LogP contribution in [0.25, 0.3) is 0 Å². The number of hydrogen-bond donors (Lipinski definition) is 0. The summed E-state index contributed by atoms with van der Waals surface area (Å²) in [6.45, 7) is 0. The molecule has 0 unspecified atom stereocenters. The molecule has 5 nitrogen and oxygen atoms in total. The minimum absolute atomic E-state index is 0.139. The quantitative estimate of drug-likeness (QED) is 0.365. The molecule has 27 heavy (non-hydrogen) atoms. The Balaban J connectivity index is 1.48. The Morgan fingerprint density at radius 1 is 0.852 bits per heavy atom. The van der Waals surface area contributed by atoms with Gasteiger partial charge in [-0.3, -0.25) is 9.59 Å². The Morgan fingerprint density at radius 2 is 1.44 bits per heavy atom. The highest BCUT2D eigenvalue weighted by Gasteiger charge is 2.59. The molecule has 1 saturated carbocycles. The zero-order valence-corrected chi connectivity index (χ0v) is 14.4. The van der Waals surface area contributed by atoms with Crippen molar-refractivity contribution in [2.75, 3.05) is 4.90 Å². The average molecular weight is 359 g/mol. The Kier molecular flexibility index (Phi) is 3.50. The van der Waals surface area contributed by atoms with Gasteiger partial charge < -0.3 is 4.74 Å². The molecule has 2 amide bonds. The third kappa shape index (κ3) is 2.35. The minimum Gasteiger partial charge on any atom is -0.421 e. The first kappa shape index (κ1) is 16.0. The molecule has 5 rings (SSSR count). The summed E-state index contributed by atoms with van der Waals surface area (Å²) in [6, 6.07) is 15.3. The fraction of sp³-hybridized carbons (Fsp3) is 0.227. The van der Waals surface area contributed by atoms with E-state index in [1.54, 1.807) is 48.5 Å². The fourth-order valence-electron chi connectivity index (χ4n) is 4.60. The highest BCUT2D eigenvalue weighted by molar-refractivity contribution is 6.23. The van der Waals surface area contributed by atoms with Gasteiger partial charge in [0.15, 0.2) is 5.75 Å². The highest BCUT2D eigenvalue weighted by Crippen LogP contribution is 2.53. The zero-order valence-electron chi connectivity index (χ0n) is 14.4. The van der Waals surface area contributed by atoms with E-state index in [9.17, 15) is 14.4 Å². The van der Waals surface area contributed by atoms with E-state index in [0.29, 0.717) is 11.3 Å². The van der Waals surface area contributed by atoms with Gasteiger partial charge in [0.05, 0.1) is 23.1 Å². The summed E-state index contributed by atoms with van der Waals surface area (Å²) >= 11 is 0. The Morgan fingerprint density at radius 3 is 2.11 bits per heavy atom. The molecule has 5 heteroatoms. The van der Waals surface area contributed by atoms with Crippen molar-refractivity contribution >= 4 is 23.5 Å². The monoisotopic (exact) mass is 359 g/mol. The number of imide groups is 1. The summed E-state index contributed by atoms with van der Waals surface area (Å²) in [5, 5.41) is 0. The molecular formula is C22H17NO4. The van der Waals surface area contributed by atoms with E-state index >= 15 is 0 Å². The van der Waals surface area contributed by atoms with Crippen molar-refractivity contribution in [2.45, 2.75) is 6.42 Å². The number of hydrogen-bond acceptors (Lipinski definition) is 4. The molecule has 0 N–H and O–H groups in total. The van der Waals surface area contributed by atoms with E-state index in [-0.39, 0.29) is 41.2 Å². The van der Waals surface area contributed by atoms with Crippen LogP contribution in [0.1, 0.15) is 16.8 Å². The predicted octanol–water partition coefficient (Wildman–Crippen LogP) is 3.22. The second-order valence-corrected chi connectivity index (χ2v) is 7.24. The van der Waals surface area contributed by atoms with Crippen LogP contribution in [-0.4, -0.2) is 17.8 Å². The van der Waals surface area contributed by atoms with Crippen molar-refractivity contribution in [3.63, 3.8) is 0 Å². The van der Waals surface area contributed by atoms with E-state index in [1.165, 1.54) is 4.90 Å². The van der Waals surface area contributed by atoms with Gasteiger partial charge in [-0.15, -0.1) is 0 Å². The number of allylic oxidation sites excluding steroid dienone is 2. The van der Waals surface area contributed by atoms with Crippen LogP contribution in [0.3, 0.4) is 0 Å². The zero-order chi connectivity index (χ0) is 18.5. The number of fused-ring (bicyclic) bond motifs is 5. The Hall–Kier alpha value is -3.21. The number of carbonyl (C=O) groups excluding carboxylic acids is 3. The van der Waals surface area contributed by atoms with Crippen molar-refractivity contribution in [1.82, 2.24) is 0 Å². The SMILES string of the molecule is O=C(Oc1ccccc1N1C(=O)[C@@H]2[C@H](C1=O)[C@@H]1C=C[C@H]2C1)c1ccccc1. The van der Waals surface area contributed by atoms with Crippen LogP contribution in [0.4, 0.5) is 5.69 Å². The van der Waals surface area contributed by atoms with Gasteiger partial charge in [0.25, 0.3) is 0 Å². The molecule has 3 aliphatic rings. The van der Waals surface area contributed by atoms with Crippen molar-refractivity contribution in [3.8, 4) is 5.75 Å². The second kappa shape index (κ2) is 5.91. The molecular weight excluding hydrogens is 342 g/mol. The fourth-order valence-corrected chi connectivity index (χ4v) is 4.60. The number of carbonyl (C=O) groups is 3. The lowest BCUT2D eigenvalue weighted by atomic mass is 9.85. The Labute approximate surface area is 156 Å². The number of anilines is 1. The average Bonchev–Trinajstić information content (AvgIpc) is 3.37. The van der Waals surface area contributed by atoms with Crippen LogP contribution in [0.2, 0.25) is 0 Å². The Bertz CT molecular complexity index is 951. The molecule has 2 aliphatic carbocycles. The summed E-state index contributed by atoms with van der Waals surface area (Å²) in [5.74, 6) is -0.982. The lowest BCUT2D eigenvalue weighted by Gasteiger charge is -2.20. The van der Waals surface area contributed by atoms with Crippen molar-refractivity contribution in [3.05, 3.63) is 72.3 Å². The summed E-state index contributed by atoms with van der Waals surface area (Å²) in [5.41, 5.74) is 0.746. The topological polar surface area (TPSA) is 63.7 Å². The molecule has 2 bridgehead atoms. The molecule has 2 aromatic carbocycles. The molecule has 0 aromatic heterocycles. The van der Waals surface area contributed by atoms with Gasteiger partial charge in [0.1, 0.15) is 0 Å². The predicted molar refractivity (Wildman–Crippen MR) is 98.1 cm³/mol. The molecule has 2 aromatic rings. The maximum absolute atomic E-state index is 13.0. The van der Waals surface area contributed by atoms with E-state index in [2.05, 4.69) is 12.2 Å². The summed E-state index contributed by atoms with van der Waals surface area (Å²) < 4.78 is 5.53. The molecule has 4 atom stereocenters. The van der Waals surface area contributed by atoms with E-state index in [0.717, 1.165) is 6.42 Å². The second-order valence-electron chi connectivity index (χ2n) is 7.24. The molecule has 0 radical (unpaired) electrons. The molecule has 1 heterocycles. The first-order chi connectivity index (χ1) is 13.1. The lowest BCUT2D eigenvalue weighted by Crippen LogP contribution is -2.33. The maximum atomic E-state index is 13.0. The van der Waals surface area contributed by atoms with Gasteiger partial charge >= 0.3 is 5.97 Å². The summed E-state index contributed by atoms with van der Waals surface area (Å²) in [4.78, 5) is 39.7. The van der Waals surface area contributed by atoms with Crippen molar-refractivity contribution in [2.24, 2.45) is 23.7 Å². The number of amides is 2. The maximum Gasteiger partial charge on any atom is 0.343 e. The normalized spacial score (nSPS) is 27.9. The molecule has 2 fully saturated rings. The van der Waals surface area contributed by atoms with Gasteiger partial charge in [-0.2, -0.15) is 0 Å². The van der Waals surface area contributed by atoms with E-state index in [4.69, 9.17) is 4.74 Å². The first-order valence-electron chi connectivity index (χ1n) is 9.07. The number of nitrogens with zero attached hydrogens (tertiary/aromatic N) is 1. The van der Waals surface area contributed by atoms with E-state index < -0.39 is 5.97 Å². The van der Waals surface area contributed by atoms with E-state index in [1.807, 2.05) is 6.07 Å². The van der Waals surface area contributed by atoms with Gasteiger partial charge in [-0.25, -0.2) is 9.69 Å². The number of esters is 1. The number of para-hydroxylation sites is 2. The standard InChI is InChI=1S/C22H17NO4/c24-20-18-14-10-11-15(12-14)19(18)21(25)23(20)16-8-4-5-9-17(16)27-22(26)13-6-2-1-3-7-13/h1-11,14-15,18-19H,12H2/t14-,15+,18-,19+. The van der Waals surface area contributed by atoms with Crippen LogP contribution < -0.4 is 9.64 Å². The van der Waals surface area contributed by atoms with Gasteiger partial charge in [-0.05, 0) is 42.5 Å². The molecule has 0 spiro atoms. The van der Waals surface area contributed by atoms with Crippen LogP contribution >= 0.6 is 0 Å². The summed E-state index contributed by atoms with van der Waals surface area (Å²) in [6.07, 6.45) is 5.00. The number of rotatable bonds is 3. The molecule has 134 valence electrons. The van der Waals surface area contributed by atoms with Crippen LogP contribution in [0.5, 0.6) is 5.75 Å². The molecule has 1 saturated heterocycles. The van der Waals surface area contributed by atoms with Crippen molar-refractivity contribution < 1.29 is 19.1 Å². The smallest absolute Gasteiger partial charge is 0.343 e. The largest absolute Gasteiger partial charge is 0.421 e. The van der Waals surface area contributed by atoms with Crippen LogP contribution in [0, 0.1) is 23.7 Å². The van der Waals surface area contributed by atoms with Crippen LogP contribution in [0.15, 0.2) is 66.7 Å². The third-order valence-corrected chi connectivity index (χ3v) is 5.79. The minimum atomic E-state index is -0.524. The number of ether oxygens (including phenoxy) is 1. The molecule has 1 aliphatic heterocycles. The first-order valence-corrected chi connectivity index (χ1v) is 9.07. The third-order valence-electron chi connectivity index (χ3n) is 5.79. The van der Waals surface area contributed by atoms with Crippen molar-refractivity contribution in [1.29, 1.82) is 0 Å². The van der Waals surface area contributed by atoms with Gasteiger partial charge in [-0.1, -0.05) is 42.5 Å². The summed E-state index contributed by atoms with van der Waals surface area (Å²) in [7, 11) is 0. The van der Waals surface area contributed by atoms with Crippen LogP contribution in [-0.2, 0) is 9.59 Å². The highest BCUT2D eigenvalue weighted by atomic mass is 16.5. The van der Waals surface area contributed by atoms with Gasteiger partial charge in [0.2, 0.25) is 11.8 Å². The lowest BCUT2D eigenvalue weighted by molar-refractivity contribution is -0.123.